The highest BCUT2D eigenvalue weighted by atomic mass is 32.1. The minimum absolute atomic E-state index is 0.163. The third-order valence-electron chi connectivity index (χ3n) is 3.81. The lowest BCUT2D eigenvalue weighted by atomic mass is 10.2. The Morgan fingerprint density at radius 3 is 3.10 bits per heavy atom. The maximum absolute atomic E-state index is 9.90. The van der Waals surface area contributed by atoms with E-state index in [1.807, 2.05) is 17.5 Å². The minimum atomic E-state index is -0.163. The van der Waals surface area contributed by atoms with Gasteiger partial charge in [0.15, 0.2) is 0 Å². The summed E-state index contributed by atoms with van der Waals surface area (Å²) in [6.45, 7) is 1.69. The van der Waals surface area contributed by atoms with Crippen molar-refractivity contribution < 1.29 is 9.63 Å². The molecule has 21 heavy (non-hydrogen) atoms. The minimum Gasteiger partial charge on any atom is -0.392 e. The van der Waals surface area contributed by atoms with E-state index < -0.39 is 0 Å². The maximum atomic E-state index is 9.90. The number of rotatable bonds is 8. The zero-order valence-electron chi connectivity index (χ0n) is 12.2. The van der Waals surface area contributed by atoms with Crippen molar-refractivity contribution in [1.82, 2.24) is 15.0 Å². The second kappa shape index (κ2) is 6.68. The summed E-state index contributed by atoms with van der Waals surface area (Å²) in [5, 5.41) is 15.9. The van der Waals surface area contributed by atoms with Crippen LogP contribution in [0.5, 0.6) is 0 Å². The molecule has 1 saturated carbocycles. The molecule has 0 saturated heterocycles. The van der Waals surface area contributed by atoms with E-state index in [0.29, 0.717) is 17.6 Å². The molecule has 0 bridgehead atoms. The van der Waals surface area contributed by atoms with Gasteiger partial charge >= 0.3 is 0 Å². The molecule has 2 aromatic heterocycles. The van der Waals surface area contributed by atoms with Crippen LogP contribution < -0.4 is 0 Å². The topological polar surface area (TPSA) is 62.4 Å². The number of aliphatic hydroxyl groups is 1. The average Bonchev–Trinajstić information content (AvgIpc) is 2.98. The molecular weight excluding hydrogens is 286 g/mol. The molecule has 1 fully saturated rings. The van der Waals surface area contributed by atoms with E-state index in [-0.39, 0.29) is 6.10 Å². The molecule has 0 aromatic carbocycles. The van der Waals surface area contributed by atoms with Gasteiger partial charge in [0.1, 0.15) is 0 Å². The number of aryl methyl sites for hydroxylation is 1. The predicted molar refractivity (Wildman–Crippen MR) is 82.2 cm³/mol. The van der Waals surface area contributed by atoms with E-state index in [9.17, 15) is 5.11 Å². The van der Waals surface area contributed by atoms with Gasteiger partial charge in [0.25, 0.3) is 0 Å². The van der Waals surface area contributed by atoms with Crippen LogP contribution in [0.15, 0.2) is 22.0 Å². The number of hydrogen-bond acceptors (Lipinski definition) is 6. The second-order valence-corrected chi connectivity index (χ2v) is 6.71. The fourth-order valence-electron chi connectivity index (χ4n) is 2.40. The Morgan fingerprint density at radius 1 is 1.52 bits per heavy atom. The van der Waals surface area contributed by atoms with Crippen LogP contribution >= 0.6 is 11.3 Å². The molecular formula is C15H21N3O2S. The van der Waals surface area contributed by atoms with Gasteiger partial charge in [-0.1, -0.05) is 11.2 Å². The van der Waals surface area contributed by atoms with Gasteiger partial charge in [-0.25, -0.2) is 0 Å². The molecule has 1 aliphatic rings. The van der Waals surface area contributed by atoms with Gasteiger partial charge in [-0.2, -0.15) is 4.98 Å². The van der Waals surface area contributed by atoms with E-state index in [1.165, 1.54) is 12.8 Å². The average molecular weight is 307 g/mol. The highest BCUT2D eigenvalue weighted by molar-refractivity contribution is 7.13. The van der Waals surface area contributed by atoms with Crippen LogP contribution in [0.2, 0.25) is 0 Å². The largest absolute Gasteiger partial charge is 0.392 e. The zero-order valence-corrected chi connectivity index (χ0v) is 13.1. The first-order chi connectivity index (χ1) is 10.2. The van der Waals surface area contributed by atoms with Gasteiger partial charge in [-0.15, -0.1) is 11.3 Å². The van der Waals surface area contributed by atoms with Crippen molar-refractivity contribution >= 4 is 11.3 Å². The quantitative estimate of drug-likeness (QED) is 0.811. The molecule has 5 nitrogen and oxygen atoms in total. The predicted octanol–water partition coefficient (Wildman–Crippen LogP) is 2.43. The lowest BCUT2D eigenvalue weighted by molar-refractivity contribution is 0.106. The SMILES string of the molecule is CN(CCCc1nc(-c2cccs2)no1)CC(O)C1CC1. The van der Waals surface area contributed by atoms with Crippen LogP contribution in [0.1, 0.15) is 25.2 Å². The maximum Gasteiger partial charge on any atom is 0.227 e. The second-order valence-electron chi connectivity index (χ2n) is 5.76. The standard InChI is InChI=1S/C15H21N3O2S/c1-18(10-12(19)11-6-7-11)8-2-5-14-16-15(17-20-14)13-4-3-9-21-13/h3-4,9,11-12,19H,2,5-8,10H2,1H3. The normalized spacial score (nSPS) is 16.5. The number of likely N-dealkylation sites (N-methyl/N-ethyl adjacent to an activating group) is 1. The van der Waals surface area contributed by atoms with E-state index >= 15 is 0 Å². The smallest absolute Gasteiger partial charge is 0.227 e. The highest BCUT2D eigenvalue weighted by Gasteiger charge is 2.30. The summed E-state index contributed by atoms with van der Waals surface area (Å²) in [7, 11) is 2.05. The molecule has 2 heterocycles. The van der Waals surface area contributed by atoms with Crippen molar-refractivity contribution in [2.45, 2.75) is 31.8 Å². The first-order valence-electron chi connectivity index (χ1n) is 7.45. The van der Waals surface area contributed by atoms with Crippen molar-refractivity contribution in [3.8, 4) is 10.7 Å². The summed E-state index contributed by atoms with van der Waals surface area (Å²) < 4.78 is 5.28. The number of nitrogens with zero attached hydrogens (tertiary/aromatic N) is 3. The Bertz CT molecular complexity index is 551. The van der Waals surface area contributed by atoms with Crippen molar-refractivity contribution in [1.29, 1.82) is 0 Å². The number of hydrogen-bond donors (Lipinski definition) is 1. The molecule has 0 amide bonds. The molecule has 1 aliphatic carbocycles. The van der Waals surface area contributed by atoms with E-state index in [0.717, 1.165) is 30.8 Å². The number of aromatic nitrogens is 2. The van der Waals surface area contributed by atoms with Crippen molar-refractivity contribution in [2.24, 2.45) is 5.92 Å². The summed E-state index contributed by atoms with van der Waals surface area (Å²) in [4.78, 5) is 7.63. The molecule has 0 spiro atoms. The molecule has 1 N–H and O–H groups in total. The summed E-state index contributed by atoms with van der Waals surface area (Å²) in [6.07, 6.45) is 3.94. The monoisotopic (exact) mass is 307 g/mol. The molecule has 0 radical (unpaired) electrons. The fourth-order valence-corrected chi connectivity index (χ4v) is 3.05. The van der Waals surface area contributed by atoms with Crippen LogP contribution in [-0.2, 0) is 6.42 Å². The summed E-state index contributed by atoms with van der Waals surface area (Å²) in [6, 6.07) is 3.97. The van der Waals surface area contributed by atoms with Crippen LogP contribution in [0.25, 0.3) is 10.7 Å². The van der Waals surface area contributed by atoms with Crippen LogP contribution in [-0.4, -0.2) is 46.4 Å². The van der Waals surface area contributed by atoms with Gasteiger partial charge < -0.3 is 14.5 Å². The van der Waals surface area contributed by atoms with Gasteiger partial charge in [-0.05, 0) is 50.2 Å². The summed E-state index contributed by atoms with van der Waals surface area (Å²) in [5.41, 5.74) is 0. The lowest BCUT2D eigenvalue weighted by Crippen LogP contribution is -2.31. The van der Waals surface area contributed by atoms with E-state index in [4.69, 9.17) is 4.52 Å². The molecule has 2 aromatic rings. The van der Waals surface area contributed by atoms with Crippen molar-refractivity contribution in [3.63, 3.8) is 0 Å². The number of thiophene rings is 1. The van der Waals surface area contributed by atoms with Gasteiger partial charge in [0.2, 0.25) is 11.7 Å². The molecule has 6 heteroatoms. The molecule has 0 aliphatic heterocycles. The Balaban J connectivity index is 1.41. The Kier molecular flexibility index (Phi) is 4.67. The first-order valence-corrected chi connectivity index (χ1v) is 8.33. The fraction of sp³-hybridized carbons (Fsp3) is 0.600. The van der Waals surface area contributed by atoms with E-state index in [1.54, 1.807) is 11.3 Å². The highest BCUT2D eigenvalue weighted by Crippen LogP contribution is 2.32. The molecule has 1 unspecified atom stereocenters. The van der Waals surface area contributed by atoms with Gasteiger partial charge in [0, 0.05) is 13.0 Å². The Hall–Kier alpha value is -1.24. The number of aliphatic hydroxyl groups excluding tert-OH is 1. The molecule has 3 rings (SSSR count). The summed E-state index contributed by atoms with van der Waals surface area (Å²) in [5.74, 6) is 1.91. The summed E-state index contributed by atoms with van der Waals surface area (Å²) >= 11 is 1.61. The molecule has 1 atom stereocenters. The van der Waals surface area contributed by atoms with Crippen LogP contribution in [0, 0.1) is 5.92 Å². The van der Waals surface area contributed by atoms with Gasteiger partial charge in [0.05, 0.1) is 11.0 Å². The van der Waals surface area contributed by atoms with Crippen molar-refractivity contribution in [3.05, 3.63) is 23.4 Å². The first kappa shape index (κ1) is 14.7. The zero-order chi connectivity index (χ0) is 14.7. The van der Waals surface area contributed by atoms with Crippen LogP contribution in [0.3, 0.4) is 0 Å². The Labute approximate surface area is 128 Å². The van der Waals surface area contributed by atoms with Crippen molar-refractivity contribution in [2.75, 3.05) is 20.1 Å². The van der Waals surface area contributed by atoms with Crippen LogP contribution in [0.4, 0.5) is 0 Å². The lowest BCUT2D eigenvalue weighted by Gasteiger charge is -2.19. The molecule has 114 valence electrons. The third-order valence-corrected chi connectivity index (χ3v) is 4.67. The van der Waals surface area contributed by atoms with E-state index in [2.05, 4.69) is 22.1 Å². The van der Waals surface area contributed by atoms with Gasteiger partial charge in [-0.3, -0.25) is 0 Å². The Morgan fingerprint density at radius 2 is 2.38 bits per heavy atom. The third kappa shape index (κ3) is 4.12.